The maximum atomic E-state index is 12.0. The van der Waals surface area contributed by atoms with Crippen molar-refractivity contribution in [2.24, 2.45) is 11.8 Å². The largest absolute Gasteiger partial charge is 0.375 e. The maximum absolute atomic E-state index is 12.0. The second-order valence-electron chi connectivity index (χ2n) is 6.38. The van der Waals surface area contributed by atoms with E-state index in [1.54, 1.807) is 0 Å². The quantitative estimate of drug-likeness (QED) is 0.778. The summed E-state index contributed by atoms with van der Waals surface area (Å²) in [5.74, 6) is 1.14. The summed E-state index contributed by atoms with van der Waals surface area (Å²) >= 11 is 0. The van der Waals surface area contributed by atoms with E-state index >= 15 is 0 Å². The molecule has 0 bridgehead atoms. The third-order valence-corrected chi connectivity index (χ3v) is 5.19. The lowest BCUT2D eigenvalue weighted by molar-refractivity contribution is -0.142. The Bertz CT molecular complexity index is 304. The zero-order valence-electron chi connectivity index (χ0n) is 11.2. The molecule has 2 heterocycles. The van der Waals surface area contributed by atoms with E-state index in [-0.39, 0.29) is 11.5 Å². The van der Waals surface area contributed by atoms with Crippen LogP contribution in [0.25, 0.3) is 0 Å². The van der Waals surface area contributed by atoms with E-state index in [1.807, 2.05) is 0 Å². The number of ether oxygens (including phenoxy) is 1. The molecule has 3 heteroatoms. The van der Waals surface area contributed by atoms with Crippen LogP contribution in [0, 0.1) is 11.8 Å². The van der Waals surface area contributed by atoms with Crippen molar-refractivity contribution in [2.45, 2.75) is 63.4 Å². The van der Waals surface area contributed by atoms with Gasteiger partial charge in [0.1, 0.15) is 0 Å². The second kappa shape index (κ2) is 5.20. The van der Waals surface area contributed by atoms with Crippen LogP contribution in [0.5, 0.6) is 0 Å². The molecule has 2 atom stereocenters. The molecule has 1 N–H and O–H groups in total. The molecule has 0 aromatic carbocycles. The van der Waals surface area contributed by atoms with E-state index in [9.17, 15) is 4.79 Å². The van der Waals surface area contributed by atoms with Gasteiger partial charge in [-0.25, -0.2) is 0 Å². The fourth-order valence-corrected chi connectivity index (χ4v) is 4.20. The number of piperidine rings is 1. The van der Waals surface area contributed by atoms with Crippen LogP contribution in [0.4, 0.5) is 0 Å². The van der Waals surface area contributed by atoms with Gasteiger partial charge in [0.05, 0.1) is 5.60 Å². The van der Waals surface area contributed by atoms with Gasteiger partial charge in [0.2, 0.25) is 5.91 Å². The molecule has 2 saturated heterocycles. The van der Waals surface area contributed by atoms with Gasteiger partial charge in [-0.05, 0) is 44.4 Å². The van der Waals surface area contributed by atoms with E-state index in [1.165, 1.54) is 32.1 Å². The van der Waals surface area contributed by atoms with Crippen molar-refractivity contribution in [1.82, 2.24) is 5.32 Å². The van der Waals surface area contributed by atoms with Crippen LogP contribution in [0.3, 0.4) is 0 Å². The van der Waals surface area contributed by atoms with E-state index < -0.39 is 0 Å². The number of hydrogen-bond donors (Lipinski definition) is 1. The normalized spacial score (nSPS) is 36.3. The van der Waals surface area contributed by atoms with Gasteiger partial charge in [0.25, 0.3) is 0 Å². The highest BCUT2D eigenvalue weighted by Crippen LogP contribution is 2.43. The molecule has 1 aliphatic carbocycles. The average molecular weight is 251 g/mol. The highest BCUT2D eigenvalue weighted by atomic mass is 16.5. The minimum Gasteiger partial charge on any atom is -0.375 e. The standard InChI is InChI=1S/C15H25NO2/c17-14-13(5-4-9-16-14)12-6-10-18-15(11-12)7-2-1-3-8-15/h12-13H,1-11H2,(H,16,17). The molecule has 1 spiro atoms. The molecular formula is C15H25NO2. The molecule has 0 aromatic heterocycles. The molecule has 2 aliphatic heterocycles. The summed E-state index contributed by atoms with van der Waals surface area (Å²) in [6.07, 6.45) is 10.9. The minimum absolute atomic E-state index is 0.138. The van der Waals surface area contributed by atoms with Crippen molar-refractivity contribution in [1.29, 1.82) is 0 Å². The van der Waals surface area contributed by atoms with Crippen LogP contribution in [0.1, 0.15) is 57.8 Å². The lowest BCUT2D eigenvalue weighted by Crippen LogP contribution is -2.47. The number of rotatable bonds is 1. The Labute approximate surface area is 110 Å². The number of nitrogens with one attached hydrogen (secondary N) is 1. The maximum Gasteiger partial charge on any atom is 0.223 e. The van der Waals surface area contributed by atoms with Crippen molar-refractivity contribution in [3.8, 4) is 0 Å². The van der Waals surface area contributed by atoms with Gasteiger partial charge in [-0.3, -0.25) is 4.79 Å². The lowest BCUT2D eigenvalue weighted by atomic mass is 9.71. The SMILES string of the molecule is O=C1NCCCC1C1CCOC2(CCCCC2)C1. The first kappa shape index (κ1) is 12.5. The molecule has 102 valence electrons. The van der Waals surface area contributed by atoms with Gasteiger partial charge in [-0.1, -0.05) is 19.3 Å². The Morgan fingerprint density at radius 3 is 2.72 bits per heavy atom. The predicted molar refractivity (Wildman–Crippen MR) is 70.2 cm³/mol. The molecule has 3 nitrogen and oxygen atoms in total. The number of carbonyl (C=O) groups excluding carboxylic acids is 1. The summed E-state index contributed by atoms with van der Waals surface area (Å²) in [5.41, 5.74) is 0.138. The Hall–Kier alpha value is -0.570. The van der Waals surface area contributed by atoms with Gasteiger partial charge in [0.15, 0.2) is 0 Å². The molecule has 0 aromatic rings. The molecule has 2 unspecified atom stereocenters. The predicted octanol–water partition coefficient (Wildman–Crippen LogP) is 2.64. The summed E-state index contributed by atoms with van der Waals surface area (Å²) in [7, 11) is 0. The van der Waals surface area contributed by atoms with Crippen molar-refractivity contribution in [2.75, 3.05) is 13.2 Å². The van der Waals surface area contributed by atoms with E-state index in [0.29, 0.717) is 11.8 Å². The molecular weight excluding hydrogens is 226 g/mol. The van der Waals surface area contributed by atoms with E-state index in [0.717, 1.165) is 38.8 Å². The summed E-state index contributed by atoms with van der Waals surface area (Å²) in [4.78, 5) is 12.0. The Kier molecular flexibility index (Phi) is 3.60. The van der Waals surface area contributed by atoms with Crippen molar-refractivity contribution in [3.63, 3.8) is 0 Å². The number of amides is 1. The molecule has 1 amide bonds. The fraction of sp³-hybridized carbons (Fsp3) is 0.933. The smallest absolute Gasteiger partial charge is 0.223 e. The van der Waals surface area contributed by atoms with Gasteiger partial charge in [-0.15, -0.1) is 0 Å². The van der Waals surface area contributed by atoms with Gasteiger partial charge < -0.3 is 10.1 Å². The van der Waals surface area contributed by atoms with Crippen LogP contribution in [0.15, 0.2) is 0 Å². The van der Waals surface area contributed by atoms with Crippen molar-refractivity contribution >= 4 is 5.91 Å². The van der Waals surface area contributed by atoms with Crippen LogP contribution in [-0.2, 0) is 9.53 Å². The summed E-state index contributed by atoms with van der Waals surface area (Å²) in [6.45, 7) is 1.75. The van der Waals surface area contributed by atoms with Crippen LogP contribution in [-0.4, -0.2) is 24.7 Å². The molecule has 1 saturated carbocycles. The Balaban J connectivity index is 1.67. The molecule has 18 heavy (non-hydrogen) atoms. The summed E-state index contributed by atoms with van der Waals surface area (Å²) < 4.78 is 6.13. The van der Waals surface area contributed by atoms with Crippen molar-refractivity contribution < 1.29 is 9.53 Å². The van der Waals surface area contributed by atoms with E-state index in [4.69, 9.17) is 4.74 Å². The molecule has 3 aliphatic rings. The van der Waals surface area contributed by atoms with Crippen LogP contribution < -0.4 is 5.32 Å². The zero-order chi connectivity index (χ0) is 12.4. The lowest BCUT2D eigenvalue weighted by Gasteiger charge is -2.45. The van der Waals surface area contributed by atoms with Gasteiger partial charge in [0, 0.05) is 19.1 Å². The van der Waals surface area contributed by atoms with Gasteiger partial charge in [-0.2, -0.15) is 0 Å². The molecule has 3 fully saturated rings. The van der Waals surface area contributed by atoms with Crippen LogP contribution >= 0.6 is 0 Å². The Morgan fingerprint density at radius 2 is 1.94 bits per heavy atom. The third-order valence-electron chi connectivity index (χ3n) is 5.19. The van der Waals surface area contributed by atoms with Crippen molar-refractivity contribution in [3.05, 3.63) is 0 Å². The molecule has 0 radical (unpaired) electrons. The highest BCUT2D eigenvalue weighted by molar-refractivity contribution is 5.79. The monoisotopic (exact) mass is 251 g/mol. The van der Waals surface area contributed by atoms with E-state index in [2.05, 4.69) is 5.32 Å². The first-order chi connectivity index (χ1) is 8.79. The first-order valence-corrected chi connectivity index (χ1v) is 7.71. The highest BCUT2D eigenvalue weighted by Gasteiger charge is 2.42. The fourth-order valence-electron chi connectivity index (χ4n) is 4.20. The van der Waals surface area contributed by atoms with Gasteiger partial charge >= 0.3 is 0 Å². The topological polar surface area (TPSA) is 38.3 Å². The summed E-state index contributed by atoms with van der Waals surface area (Å²) in [6, 6.07) is 0. The number of hydrogen-bond acceptors (Lipinski definition) is 2. The minimum atomic E-state index is 0.138. The first-order valence-electron chi connectivity index (χ1n) is 7.71. The zero-order valence-corrected chi connectivity index (χ0v) is 11.2. The Morgan fingerprint density at radius 1 is 1.11 bits per heavy atom. The summed E-state index contributed by atoms with van der Waals surface area (Å²) in [5, 5.41) is 3.04. The van der Waals surface area contributed by atoms with Crippen LogP contribution in [0.2, 0.25) is 0 Å². The second-order valence-corrected chi connectivity index (χ2v) is 6.38. The number of carbonyl (C=O) groups is 1. The third kappa shape index (κ3) is 2.42. The molecule has 3 rings (SSSR count). The average Bonchev–Trinajstić information content (AvgIpc) is 2.40.